The highest BCUT2D eigenvalue weighted by Crippen LogP contribution is 2.46. The van der Waals surface area contributed by atoms with Crippen LogP contribution in [0, 0.1) is 5.92 Å². The molecule has 1 fully saturated rings. The summed E-state index contributed by atoms with van der Waals surface area (Å²) in [7, 11) is 0. The van der Waals surface area contributed by atoms with Crippen LogP contribution in [0.3, 0.4) is 0 Å². The van der Waals surface area contributed by atoms with E-state index in [0.717, 1.165) is 0 Å². The van der Waals surface area contributed by atoms with Gasteiger partial charge in [0.25, 0.3) is 0 Å². The van der Waals surface area contributed by atoms with Crippen molar-refractivity contribution in [3.8, 4) is 0 Å². The predicted molar refractivity (Wildman–Crippen MR) is 96.5 cm³/mol. The van der Waals surface area contributed by atoms with E-state index in [2.05, 4.69) is 4.98 Å². The number of amides is 1. The molecule has 3 rings (SSSR count). The first-order chi connectivity index (χ1) is 12.2. The van der Waals surface area contributed by atoms with Gasteiger partial charge in [-0.25, -0.2) is 9.78 Å². The molecule has 1 amide bonds. The molecule has 5 nitrogen and oxygen atoms in total. The summed E-state index contributed by atoms with van der Waals surface area (Å²) in [4.78, 5) is 18.2. The second-order valence-electron chi connectivity index (χ2n) is 7.44. The van der Waals surface area contributed by atoms with E-state index in [0.29, 0.717) is 22.3 Å². The van der Waals surface area contributed by atoms with Gasteiger partial charge in [0.1, 0.15) is 5.60 Å². The number of thioether (sulfide) groups is 1. The molecule has 0 atom stereocenters. The Kier molecular flexibility index (Phi) is 5.14. The molecule has 0 aromatic carbocycles. The molecule has 3 heterocycles. The van der Waals surface area contributed by atoms with Gasteiger partial charge in [-0.2, -0.15) is 8.78 Å². The number of likely N-dealkylation sites (tertiary alicyclic amines) is 1. The smallest absolute Gasteiger partial charge is 0.410 e. The number of carbonyl (C=O) groups is 1. The summed E-state index contributed by atoms with van der Waals surface area (Å²) >= 11 is 0.555. The van der Waals surface area contributed by atoms with Gasteiger partial charge in [0.05, 0.1) is 4.90 Å². The third-order valence-corrected chi connectivity index (χ3v) is 5.40. The van der Waals surface area contributed by atoms with E-state index >= 15 is 0 Å². The lowest BCUT2D eigenvalue weighted by atomic mass is 9.97. The first-order valence-electron chi connectivity index (χ1n) is 8.62. The second kappa shape index (κ2) is 7.06. The number of fused-ring (bicyclic) bond motifs is 1. The number of carbonyl (C=O) groups excluding carboxylic acids is 1. The standard InChI is InChI=1S/C18H23F2N3O2S/c1-17(2,3)25-16(24)23-10-6-13(7-11-23)18(19,20)26-14-5-4-9-22-12-8-21-15(14)22/h4-5,8-9,12-13H,6-7,10-11H2,1-3H3. The van der Waals surface area contributed by atoms with Gasteiger partial charge in [-0.1, -0.05) is 0 Å². The van der Waals surface area contributed by atoms with Crippen LogP contribution in [0.25, 0.3) is 5.65 Å². The molecule has 2 aromatic heterocycles. The molecule has 26 heavy (non-hydrogen) atoms. The number of piperidine rings is 1. The molecule has 0 bridgehead atoms. The quantitative estimate of drug-likeness (QED) is 0.723. The molecular formula is C18H23F2N3O2S. The lowest BCUT2D eigenvalue weighted by molar-refractivity contribution is -0.0124. The van der Waals surface area contributed by atoms with Crippen molar-refractivity contribution in [3.63, 3.8) is 0 Å². The lowest BCUT2D eigenvalue weighted by Crippen LogP contribution is -2.44. The highest BCUT2D eigenvalue weighted by molar-refractivity contribution is 8.00. The van der Waals surface area contributed by atoms with Gasteiger partial charge in [0.15, 0.2) is 5.65 Å². The molecule has 0 N–H and O–H groups in total. The Balaban J connectivity index is 1.63. The number of nitrogens with zero attached hydrogens (tertiary/aromatic N) is 3. The molecule has 1 saturated heterocycles. The van der Waals surface area contributed by atoms with E-state index in [4.69, 9.17) is 4.74 Å². The fourth-order valence-electron chi connectivity index (χ4n) is 2.96. The van der Waals surface area contributed by atoms with Gasteiger partial charge in [-0.3, -0.25) is 0 Å². The second-order valence-corrected chi connectivity index (χ2v) is 8.62. The van der Waals surface area contributed by atoms with Crippen LogP contribution in [0.4, 0.5) is 13.6 Å². The zero-order valence-electron chi connectivity index (χ0n) is 15.1. The average Bonchev–Trinajstić information content (AvgIpc) is 3.03. The van der Waals surface area contributed by atoms with E-state index in [1.807, 2.05) is 0 Å². The summed E-state index contributed by atoms with van der Waals surface area (Å²) in [6.45, 7) is 5.93. The zero-order valence-corrected chi connectivity index (χ0v) is 15.9. The van der Waals surface area contributed by atoms with E-state index in [9.17, 15) is 13.6 Å². The first kappa shape index (κ1) is 18.9. The van der Waals surface area contributed by atoms with Gasteiger partial charge >= 0.3 is 11.3 Å². The third-order valence-electron chi connectivity index (χ3n) is 4.25. The molecule has 1 aliphatic rings. The van der Waals surface area contributed by atoms with Gasteiger partial charge in [0, 0.05) is 37.6 Å². The van der Waals surface area contributed by atoms with Crippen molar-refractivity contribution in [1.29, 1.82) is 0 Å². The van der Waals surface area contributed by atoms with Gasteiger partial charge in [-0.15, -0.1) is 0 Å². The first-order valence-corrected chi connectivity index (χ1v) is 9.44. The number of imidazole rings is 1. The van der Waals surface area contributed by atoms with Gasteiger partial charge in [-0.05, 0) is 57.5 Å². The van der Waals surface area contributed by atoms with E-state index < -0.39 is 22.9 Å². The maximum absolute atomic E-state index is 14.8. The van der Waals surface area contributed by atoms with Gasteiger partial charge in [0.2, 0.25) is 0 Å². The number of alkyl halides is 2. The summed E-state index contributed by atoms with van der Waals surface area (Å²) in [6.07, 6.45) is 5.17. The fraction of sp³-hybridized carbons (Fsp3) is 0.556. The average molecular weight is 383 g/mol. The molecule has 8 heteroatoms. The summed E-state index contributed by atoms with van der Waals surface area (Å²) in [6, 6.07) is 3.40. The summed E-state index contributed by atoms with van der Waals surface area (Å²) in [5, 5.41) is -2.92. The number of hydrogen-bond acceptors (Lipinski definition) is 4. The van der Waals surface area contributed by atoms with E-state index in [-0.39, 0.29) is 25.9 Å². The number of hydrogen-bond donors (Lipinski definition) is 0. The Morgan fingerprint density at radius 2 is 1.96 bits per heavy atom. The SMILES string of the molecule is CC(C)(C)OC(=O)N1CCC(C(F)(F)Sc2cccn3ccnc23)CC1. The Morgan fingerprint density at radius 1 is 1.27 bits per heavy atom. The molecule has 0 saturated carbocycles. The highest BCUT2D eigenvalue weighted by atomic mass is 32.2. The van der Waals surface area contributed by atoms with Crippen molar-refractivity contribution in [2.24, 2.45) is 5.92 Å². The summed E-state index contributed by atoms with van der Waals surface area (Å²) < 4.78 is 36.7. The summed E-state index contributed by atoms with van der Waals surface area (Å²) in [5.41, 5.74) is -0.0558. The monoisotopic (exact) mass is 383 g/mol. The molecular weight excluding hydrogens is 360 g/mol. The van der Waals surface area contributed by atoms with Crippen LogP contribution in [-0.4, -0.2) is 44.3 Å². The third kappa shape index (κ3) is 4.28. The highest BCUT2D eigenvalue weighted by Gasteiger charge is 2.43. The van der Waals surface area contributed by atoms with Crippen molar-refractivity contribution in [1.82, 2.24) is 14.3 Å². The molecule has 142 valence electrons. The Hall–Kier alpha value is -1.83. The minimum absolute atomic E-state index is 0.247. The van der Waals surface area contributed by atoms with Crippen molar-refractivity contribution in [2.75, 3.05) is 13.1 Å². The number of ether oxygens (including phenoxy) is 1. The van der Waals surface area contributed by atoms with E-state index in [1.165, 1.54) is 4.90 Å². The number of pyridine rings is 1. The largest absolute Gasteiger partial charge is 0.444 e. The van der Waals surface area contributed by atoms with Crippen LogP contribution in [-0.2, 0) is 4.74 Å². The number of rotatable bonds is 3. The van der Waals surface area contributed by atoms with Crippen LogP contribution in [0.2, 0.25) is 0 Å². The molecule has 1 aliphatic heterocycles. The van der Waals surface area contributed by atoms with Crippen molar-refractivity contribution >= 4 is 23.5 Å². The Bertz CT molecular complexity index is 780. The molecule has 0 unspecified atom stereocenters. The predicted octanol–water partition coefficient (Wildman–Crippen LogP) is 4.67. The molecule has 2 aromatic rings. The van der Waals surface area contributed by atoms with Crippen LogP contribution in [0.1, 0.15) is 33.6 Å². The van der Waals surface area contributed by atoms with Crippen molar-refractivity contribution in [3.05, 3.63) is 30.7 Å². The normalized spacial score (nSPS) is 16.9. The summed E-state index contributed by atoms with van der Waals surface area (Å²) in [5.74, 6) is -0.790. The van der Waals surface area contributed by atoms with E-state index in [1.54, 1.807) is 55.9 Å². The lowest BCUT2D eigenvalue weighted by Gasteiger charge is -2.36. The number of aromatic nitrogens is 2. The fourth-order valence-corrected chi connectivity index (χ4v) is 4.05. The Labute approximate surface area is 155 Å². The molecule has 0 aliphatic carbocycles. The zero-order chi connectivity index (χ0) is 18.9. The van der Waals surface area contributed by atoms with Gasteiger partial charge < -0.3 is 14.0 Å². The minimum Gasteiger partial charge on any atom is -0.444 e. The van der Waals surface area contributed by atoms with Crippen LogP contribution >= 0.6 is 11.8 Å². The topological polar surface area (TPSA) is 46.8 Å². The maximum atomic E-state index is 14.8. The molecule has 0 spiro atoms. The molecule has 0 radical (unpaired) electrons. The van der Waals surface area contributed by atoms with Crippen LogP contribution in [0.5, 0.6) is 0 Å². The van der Waals surface area contributed by atoms with Crippen LogP contribution < -0.4 is 0 Å². The Morgan fingerprint density at radius 3 is 2.62 bits per heavy atom. The maximum Gasteiger partial charge on any atom is 0.410 e. The van der Waals surface area contributed by atoms with Crippen LogP contribution in [0.15, 0.2) is 35.6 Å². The number of halogens is 2. The van der Waals surface area contributed by atoms with Crippen molar-refractivity contribution in [2.45, 2.75) is 49.4 Å². The van der Waals surface area contributed by atoms with Crippen molar-refractivity contribution < 1.29 is 18.3 Å². The minimum atomic E-state index is -2.92.